The van der Waals surface area contributed by atoms with Crippen molar-refractivity contribution < 1.29 is 26.9 Å². The van der Waals surface area contributed by atoms with Crippen molar-refractivity contribution in [3.05, 3.63) is 117 Å². The van der Waals surface area contributed by atoms with Crippen LogP contribution in [0.4, 0.5) is 11.4 Å². The van der Waals surface area contributed by atoms with Crippen LogP contribution in [0.1, 0.15) is 0 Å². The van der Waals surface area contributed by atoms with E-state index in [4.69, 9.17) is 0 Å². The Hall–Kier alpha value is -3.54. The van der Waals surface area contributed by atoms with Gasteiger partial charge in [0.15, 0.2) is 0 Å². The number of hydrogen-bond donors (Lipinski definition) is 0. The quantitative estimate of drug-likeness (QED) is 0.196. The maximum atomic E-state index is 10.7. The molecule has 0 bridgehead atoms. The zero-order valence-corrected chi connectivity index (χ0v) is 15.9. The molecule has 0 saturated heterocycles. The van der Waals surface area contributed by atoms with E-state index in [-0.39, 0.29) is 33.4 Å². The number of nitrogens with zero attached hydrogens (tertiary/aromatic N) is 2. The minimum Gasteiger partial charge on any atom is -0.715 e. The number of benzene rings is 2. The molecule has 0 radical (unpaired) electrons. The molecule has 0 aliphatic carbocycles. The van der Waals surface area contributed by atoms with E-state index in [1.807, 2.05) is 24.3 Å². The molecule has 0 fully saturated rings. The van der Waals surface area contributed by atoms with E-state index in [2.05, 4.69) is 24.3 Å². The average molecular weight is 424 g/mol. The van der Waals surface area contributed by atoms with E-state index in [1.54, 1.807) is 36.4 Å². The first-order valence-electron chi connectivity index (χ1n) is 8.16. The van der Waals surface area contributed by atoms with Crippen molar-refractivity contribution in [1.29, 1.82) is 0 Å². The van der Waals surface area contributed by atoms with Gasteiger partial charge in [0.1, 0.15) is 0 Å². The molecular weight excluding hydrogens is 412 g/mol. The van der Waals surface area contributed by atoms with Gasteiger partial charge < -0.3 is 41.5 Å². The molecule has 4 rings (SSSR count). The third-order valence-corrected chi connectivity index (χ3v) is 3.88. The molecule has 0 N–H and O–H groups in total. The predicted octanol–water partition coefficient (Wildman–Crippen LogP) is 5.16. The van der Waals surface area contributed by atoms with Crippen LogP contribution in [-0.4, -0.2) is 9.85 Å². The molecule has 4 aromatic carbocycles. The van der Waals surface area contributed by atoms with Crippen LogP contribution in [0.2, 0.25) is 0 Å². The fourth-order valence-electron chi connectivity index (χ4n) is 2.63. The van der Waals surface area contributed by atoms with Gasteiger partial charge in [-0.05, 0) is 17.3 Å². The third-order valence-electron chi connectivity index (χ3n) is 3.88. The summed E-state index contributed by atoms with van der Waals surface area (Å²) in [6.45, 7) is 0. The van der Waals surface area contributed by atoms with Gasteiger partial charge in [-0.15, -0.1) is 30.3 Å². The van der Waals surface area contributed by atoms with Gasteiger partial charge in [-0.3, -0.25) is 20.2 Å². The molecule has 0 aliphatic heterocycles. The summed E-state index contributed by atoms with van der Waals surface area (Å²) in [6.07, 6.45) is 0. The van der Waals surface area contributed by atoms with Crippen LogP contribution in [-0.2, 0) is 17.1 Å². The zero-order valence-electron chi connectivity index (χ0n) is 14.8. The fraction of sp³-hybridized carbons (Fsp3) is 0. The molecule has 148 valence electrons. The van der Waals surface area contributed by atoms with Crippen molar-refractivity contribution in [1.82, 2.24) is 0 Å². The molecule has 6 nitrogen and oxygen atoms in total. The molecule has 0 saturated carbocycles. The molecule has 0 unspecified atom stereocenters. The molecule has 0 aromatic heterocycles. The van der Waals surface area contributed by atoms with Gasteiger partial charge in [0.05, 0.1) is 0 Å². The Labute approximate surface area is 177 Å². The Morgan fingerprint density at radius 3 is 1.66 bits per heavy atom. The van der Waals surface area contributed by atoms with E-state index in [0.29, 0.717) is 16.7 Å². The summed E-state index contributed by atoms with van der Waals surface area (Å²) < 4.78 is 0. The molecule has 0 spiro atoms. The predicted molar refractivity (Wildman–Crippen MR) is 104 cm³/mol. The Morgan fingerprint density at radius 1 is 0.690 bits per heavy atom. The summed E-state index contributed by atoms with van der Waals surface area (Å²) in [5.74, 6) is 0. The van der Waals surface area contributed by atoms with Gasteiger partial charge in [-0.1, -0.05) is 22.6 Å². The van der Waals surface area contributed by atoms with Crippen molar-refractivity contribution in [3.8, 4) is 22.3 Å². The van der Waals surface area contributed by atoms with Crippen LogP contribution >= 0.6 is 0 Å². The third kappa shape index (κ3) is 5.25. The van der Waals surface area contributed by atoms with E-state index in [9.17, 15) is 20.2 Å². The maximum absolute atomic E-state index is 10.7. The zero-order chi connectivity index (χ0) is 19.9. The fourth-order valence-corrected chi connectivity index (χ4v) is 2.63. The molecule has 0 amide bonds. The monoisotopic (exact) mass is 424 g/mol. The summed E-state index contributed by atoms with van der Waals surface area (Å²) in [6, 6.07) is 31.2. The van der Waals surface area contributed by atoms with Gasteiger partial charge in [0.25, 0.3) is 0 Å². The van der Waals surface area contributed by atoms with Gasteiger partial charge in [-0.2, -0.15) is 18.2 Å². The van der Waals surface area contributed by atoms with Gasteiger partial charge in [-0.25, -0.2) is 0 Å². The normalized spacial score (nSPS) is 9.66. The molecule has 0 heterocycles. The number of para-hydroxylation sites is 2. The number of nitro benzene ring substituents is 2. The molecule has 7 heteroatoms. The SMILES string of the molecule is O=[N+]([O-])c1ccccc1-[c-]1[c-][c-][c-][c-]1.O=[N+]([O-])c1ccccc1-[c-]1cccc1.[Fe]. The second-order valence-electron chi connectivity index (χ2n) is 5.60. The Balaban J connectivity index is 0.000000200. The molecule has 29 heavy (non-hydrogen) atoms. The van der Waals surface area contributed by atoms with Gasteiger partial charge in [0.2, 0.25) is 5.69 Å². The summed E-state index contributed by atoms with van der Waals surface area (Å²) in [7, 11) is 0. The minimum absolute atomic E-state index is 0. The largest absolute Gasteiger partial charge is 0.715 e. The van der Waals surface area contributed by atoms with Crippen molar-refractivity contribution in [2.24, 2.45) is 0 Å². The smallest absolute Gasteiger partial charge is 0.214 e. The maximum Gasteiger partial charge on any atom is 0.214 e. The van der Waals surface area contributed by atoms with Gasteiger partial charge in [0, 0.05) is 22.0 Å². The molecule has 0 aliphatic rings. The van der Waals surface area contributed by atoms with Crippen LogP contribution in [0.5, 0.6) is 0 Å². The number of rotatable bonds is 4. The molecule has 4 aromatic rings. The summed E-state index contributed by atoms with van der Waals surface area (Å²) >= 11 is 0. The van der Waals surface area contributed by atoms with Crippen molar-refractivity contribution in [2.75, 3.05) is 0 Å². The van der Waals surface area contributed by atoms with Crippen LogP contribution in [0.15, 0.2) is 72.8 Å². The number of nitro groups is 2. The van der Waals surface area contributed by atoms with Gasteiger partial charge >= 0.3 is 0 Å². The van der Waals surface area contributed by atoms with E-state index < -0.39 is 4.92 Å². The Kier molecular flexibility index (Phi) is 7.60. The van der Waals surface area contributed by atoms with E-state index in [1.165, 1.54) is 12.1 Å². The average Bonchev–Trinajstić information content (AvgIpc) is 3.42. The second-order valence-corrected chi connectivity index (χ2v) is 5.60. The van der Waals surface area contributed by atoms with Crippen LogP contribution in [0.25, 0.3) is 22.3 Å². The minimum atomic E-state index is -0.427. The standard InChI is InChI=1S/C11H8NO2.C11H4NO2.Fe/c2*13-12(14)11-8-4-3-7-10(11)9-5-1-2-6-9;/h1-8H;3-4,7-8H;/q-1;-5;. The summed E-state index contributed by atoms with van der Waals surface area (Å²) in [5.41, 5.74) is 2.78. The molecule has 0 atom stereocenters. The van der Waals surface area contributed by atoms with Crippen molar-refractivity contribution >= 4 is 11.4 Å². The van der Waals surface area contributed by atoms with Crippen LogP contribution < -0.4 is 0 Å². The first-order chi connectivity index (χ1) is 13.6. The van der Waals surface area contributed by atoms with Crippen LogP contribution in [0.3, 0.4) is 0 Å². The topological polar surface area (TPSA) is 86.3 Å². The summed E-state index contributed by atoms with van der Waals surface area (Å²) in [5, 5.41) is 21.4. The summed E-state index contributed by atoms with van der Waals surface area (Å²) in [4.78, 5) is 20.6. The first kappa shape index (κ1) is 21.8. The first-order valence-corrected chi connectivity index (χ1v) is 8.16. The Bertz CT molecular complexity index is 986. The van der Waals surface area contributed by atoms with E-state index in [0.717, 1.165) is 5.56 Å². The van der Waals surface area contributed by atoms with Crippen molar-refractivity contribution in [3.63, 3.8) is 0 Å². The Morgan fingerprint density at radius 2 is 1.14 bits per heavy atom. The van der Waals surface area contributed by atoms with Crippen molar-refractivity contribution in [2.45, 2.75) is 0 Å². The van der Waals surface area contributed by atoms with Crippen LogP contribution in [0, 0.1) is 44.5 Å². The van der Waals surface area contributed by atoms with E-state index >= 15 is 0 Å². The molecular formula is C22H12FeN2O4-6. The number of hydrogen-bond acceptors (Lipinski definition) is 4. The second kappa shape index (κ2) is 10.1.